The molecule has 0 N–H and O–H groups in total. The van der Waals surface area contributed by atoms with Gasteiger partial charge in [0.1, 0.15) is 5.60 Å². The third kappa shape index (κ3) is 2.26. The fraction of sp³-hybridized carbons (Fsp3) is 0.412. The quantitative estimate of drug-likeness (QED) is 0.753. The van der Waals surface area contributed by atoms with Gasteiger partial charge in [-0.3, -0.25) is 9.69 Å². The van der Waals surface area contributed by atoms with Crippen LogP contribution in [0.2, 0.25) is 0 Å². The van der Waals surface area contributed by atoms with Crippen molar-refractivity contribution in [2.24, 2.45) is 0 Å². The Kier molecular flexibility index (Phi) is 3.24. The zero-order valence-corrected chi connectivity index (χ0v) is 13.3. The lowest BCUT2D eigenvalue weighted by molar-refractivity contribution is 0.0574. The van der Waals surface area contributed by atoms with Crippen molar-refractivity contribution in [1.29, 1.82) is 0 Å². The topological polar surface area (TPSA) is 51.5 Å². The standard InChI is InChI=1S/C17H20N2O3/c1-11-9-18(16(21)22-17(2,3)4)14-7-5-6-12-8-13(10-20)19(11)15(12)14/h5-8,10-11H,9H2,1-4H3. The first kappa shape index (κ1) is 14.6. The van der Waals surface area contributed by atoms with Crippen molar-refractivity contribution in [3.8, 4) is 0 Å². The summed E-state index contributed by atoms with van der Waals surface area (Å²) in [5.74, 6) is 0. The van der Waals surface area contributed by atoms with Crippen molar-refractivity contribution < 1.29 is 14.3 Å². The number of anilines is 1. The van der Waals surface area contributed by atoms with Gasteiger partial charge >= 0.3 is 6.09 Å². The second-order valence-corrected chi connectivity index (χ2v) is 6.71. The highest BCUT2D eigenvalue weighted by Gasteiger charge is 2.32. The van der Waals surface area contributed by atoms with Gasteiger partial charge in [0.05, 0.1) is 16.9 Å². The van der Waals surface area contributed by atoms with Gasteiger partial charge in [-0.15, -0.1) is 0 Å². The third-order valence-electron chi connectivity index (χ3n) is 3.78. The molecule has 1 amide bonds. The van der Waals surface area contributed by atoms with Crippen LogP contribution in [-0.2, 0) is 4.74 Å². The fourth-order valence-electron chi connectivity index (χ4n) is 3.00. The van der Waals surface area contributed by atoms with Gasteiger partial charge in [0.25, 0.3) is 0 Å². The molecule has 2 aromatic rings. The molecule has 1 unspecified atom stereocenters. The van der Waals surface area contributed by atoms with Crippen LogP contribution in [0.4, 0.5) is 10.5 Å². The van der Waals surface area contributed by atoms with Crippen molar-refractivity contribution in [2.45, 2.75) is 39.3 Å². The van der Waals surface area contributed by atoms with E-state index in [9.17, 15) is 9.59 Å². The minimum atomic E-state index is -0.540. The summed E-state index contributed by atoms with van der Waals surface area (Å²) in [4.78, 5) is 25.5. The summed E-state index contributed by atoms with van der Waals surface area (Å²) < 4.78 is 7.51. The Labute approximate surface area is 129 Å². The zero-order chi connectivity index (χ0) is 16.1. The Bertz CT molecular complexity index is 755. The molecule has 5 heteroatoms. The molecule has 116 valence electrons. The van der Waals surface area contributed by atoms with E-state index in [-0.39, 0.29) is 12.1 Å². The van der Waals surface area contributed by atoms with Crippen molar-refractivity contribution in [2.75, 3.05) is 11.4 Å². The van der Waals surface area contributed by atoms with E-state index in [1.165, 1.54) is 0 Å². The highest BCUT2D eigenvalue weighted by molar-refractivity contribution is 6.03. The van der Waals surface area contributed by atoms with Gasteiger partial charge in [-0.1, -0.05) is 12.1 Å². The molecule has 5 nitrogen and oxygen atoms in total. The number of para-hydroxylation sites is 1. The Morgan fingerprint density at radius 1 is 1.36 bits per heavy atom. The van der Waals surface area contributed by atoms with Crippen LogP contribution in [0.3, 0.4) is 0 Å². The molecular weight excluding hydrogens is 280 g/mol. The van der Waals surface area contributed by atoms with Crippen LogP contribution in [0, 0.1) is 0 Å². The van der Waals surface area contributed by atoms with Crippen molar-refractivity contribution in [3.05, 3.63) is 30.0 Å². The molecule has 22 heavy (non-hydrogen) atoms. The average Bonchev–Trinajstić information content (AvgIpc) is 2.81. The highest BCUT2D eigenvalue weighted by Crippen LogP contribution is 2.37. The lowest BCUT2D eigenvalue weighted by atomic mass is 10.1. The number of benzene rings is 1. The maximum Gasteiger partial charge on any atom is 0.414 e. The highest BCUT2D eigenvalue weighted by atomic mass is 16.6. The largest absolute Gasteiger partial charge is 0.443 e. The lowest BCUT2D eigenvalue weighted by Crippen LogP contribution is -2.42. The van der Waals surface area contributed by atoms with E-state index in [2.05, 4.69) is 0 Å². The monoisotopic (exact) mass is 300 g/mol. The number of hydrogen-bond acceptors (Lipinski definition) is 3. The van der Waals surface area contributed by atoms with Crippen LogP contribution in [0.1, 0.15) is 44.2 Å². The molecule has 0 aliphatic carbocycles. The van der Waals surface area contributed by atoms with E-state index in [4.69, 9.17) is 4.74 Å². The van der Waals surface area contributed by atoms with Gasteiger partial charge in [-0.2, -0.15) is 0 Å². The van der Waals surface area contributed by atoms with Gasteiger partial charge in [-0.25, -0.2) is 4.79 Å². The first-order valence-electron chi connectivity index (χ1n) is 7.41. The van der Waals surface area contributed by atoms with Crippen LogP contribution >= 0.6 is 0 Å². The van der Waals surface area contributed by atoms with Gasteiger partial charge < -0.3 is 9.30 Å². The van der Waals surface area contributed by atoms with E-state index >= 15 is 0 Å². The number of aldehydes is 1. The summed E-state index contributed by atoms with van der Waals surface area (Å²) in [6.07, 6.45) is 0.510. The first-order chi connectivity index (χ1) is 10.3. The molecule has 1 aromatic carbocycles. The van der Waals surface area contributed by atoms with E-state index in [1.54, 1.807) is 4.90 Å². The summed E-state index contributed by atoms with van der Waals surface area (Å²) in [6, 6.07) is 7.61. The predicted molar refractivity (Wildman–Crippen MR) is 85.6 cm³/mol. The molecule has 0 saturated heterocycles. The first-order valence-corrected chi connectivity index (χ1v) is 7.41. The van der Waals surface area contributed by atoms with E-state index in [0.717, 1.165) is 22.9 Å². The molecule has 2 heterocycles. The molecule has 0 fully saturated rings. The number of ether oxygens (including phenoxy) is 1. The minimum Gasteiger partial charge on any atom is -0.443 e. The Morgan fingerprint density at radius 3 is 2.73 bits per heavy atom. The summed E-state index contributed by atoms with van der Waals surface area (Å²) in [5, 5.41) is 0.958. The van der Waals surface area contributed by atoms with Crippen LogP contribution in [0.15, 0.2) is 24.3 Å². The molecule has 1 atom stereocenters. The normalized spacial score (nSPS) is 17.6. The maximum atomic E-state index is 12.5. The van der Waals surface area contributed by atoms with E-state index in [1.807, 2.05) is 56.5 Å². The van der Waals surface area contributed by atoms with E-state index < -0.39 is 5.60 Å². The number of aromatic nitrogens is 1. The summed E-state index contributed by atoms with van der Waals surface area (Å²) in [7, 11) is 0. The molecule has 0 radical (unpaired) electrons. The maximum absolute atomic E-state index is 12.5. The van der Waals surface area contributed by atoms with Gasteiger partial charge in [-0.05, 0) is 39.8 Å². The summed E-state index contributed by atoms with van der Waals surface area (Å²) >= 11 is 0. The third-order valence-corrected chi connectivity index (χ3v) is 3.78. The molecule has 1 aliphatic heterocycles. The Balaban J connectivity index is 2.14. The van der Waals surface area contributed by atoms with Crippen LogP contribution < -0.4 is 4.90 Å². The summed E-state index contributed by atoms with van der Waals surface area (Å²) in [5.41, 5.74) is 1.80. The smallest absolute Gasteiger partial charge is 0.414 e. The number of amides is 1. The molecular formula is C17H20N2O3. The number of rotatable bonds is 1. The lowest BCUT2D eigenvalue weighted by Gasteiger charge is -2.34. The number of hydrogen-bond donors (Lipinski definition) is 0. The van der Waals surface area contributed by atoms with Crippen LogP contribution in [0.5, 0.6) is 0 Å². The Hall–Kier alpha value is -2.30. The summed E-state index contributed by atoms with van der Waals surface area (Å²) in [6.45, 7) is 8.04. The molecule has 0 saturated carbocycles. The van der Waals surface area contributed by atoms with Crippen molar-refractivity contribution >= 4 is 29.0 Å². The predicted octanol–water partition coefficient (Wildman–Crippen LogP) is 3.77. The molecule has 3 rings (SSSR count). The minimum absolute atomic E-state index is 0.0140. The van der Waals surface area contributed by atoms with Crippen molar-refractivity contribution in [1.82, 2.24) is 4.57 Å². The average molecular weight is 300 g/mol. The zero-order valence-electron chi connectivity index (χ0n) is 13.3. The Morgan fingerprint density at radius 2 is 2.09 bits per heavy atom. The number of nitrogens with zero attached hydrogens (tertiary/aromatic N) is 2. The van der Waals surface area contributed by atoms with E-state index in [0.29, 0.717) is 12.2 Å². The molecule has 1 aromatic heterocycles. The number of carbonyl (C=O) groups excluding carboxylic acids is 2. The second kappa shape index (κ2) is 4.87. The SMILES string of the molecule is CC1CN(C(=O)OC(C)(C)C)c2cccc3cc(C=O)n1c23. The molecule has 1 aliphatic rings. The molecule has 0 bridgehead atoms. The van der Waals surface area contributed by atoms with Crippen molar-refractivity contribution in [3.63, 3.8) is 0 Å². The second-order valence-electron chi connectivity index (χ2n) is 6.71. The molecule has 0 spiro atoms. The van der Waals surface area contributed by atoms with Gasteiger partial charge in [0.2, 0.25) is 0 Å². The number of carbonyl (C=O) groups is 2. The van der Waals surface area contributed by atoms with Crippen LogP contribution in [0.25, 0.3) is 10.9 Å². The fourth-order valence-corrected chi connectivity index (χ4v) is 3.00. The van der Waals surface area contributed by atoms with Crippen LogP contribution in [-0.4, -0.2) is 29.1 Å². The van der Waals surface area contributed by atoms with Gasteiger partial charge in [0, 0.05) is 18.0 Å². The van der Waals surface area contributed by atoms with Gasteiger partial charge in [0.15, 0.2) is 6.29 Å².